The minimum Gasteiger partial charge on any atom is -0.309 e. The molecule has 0 bridgehead atoms. The first kappa shape index (κ1) is 11.9. The summed E-state index contributed by atoms with van der Waals surface area (Å²) in [6, 6.07) is 0.479. The normalized spacial score (nSPS) is 13.1. The van der Waals surface area contributed by atoms with Crippen molar-refractivity contribution in [2.24, 2.45) is 0 Å². The highest BCUT2D eigenvalue weighted by atomic mass is 15.2. The van der Waals surface area contributed by atoms with E-state index in [4.69, 9.17) is 0 Å². The van der Waals surface area contributed by atoms with Gasteiger partial charge in [0.1, 0.15) is 0 Å². The summed E-state index contributed by atoms with van der Waals surface area (Å²) in [4.78, 5) is 2.17. The van der Waals surface area contributed by atoms with E-state index >= 15 is 0 Å². The van der Waals surface area contributed by atoms with Crippen LogP contribution in [-0.4, -0.2) is 41.4 Å². The molecule has 1 unspecified atom stereocenters. The van der Waals surface area contributed by atoms with Gasteiger partial charge in [0.15, 0.2) is 0 Å². The van der Waals surface area contributed by atoms with Crippen molar-refractivity contribution in [1.82, 2.24) is 20.0 Å². The summed E-state index contributed by atoms with van der Waals surface area (Å²) in [6.07, 6.45) is 5.52. The van der Waals surface area contributed by atoms with Crippen LogP contribution in [0.2, 0.25) is 0 Å². The molecule has 0 fully saturated rings. The molecule has 4 nitrogen and oxygen atoms in total. The Morgan fingerprint density at radius 2 is 2.40 bits per heavy atom. The Morgan fingerprint density at radius 3 is 2.93 bits per heavy atom. The van der Waals surface area contributed by atoms with Gasteiger partial charge < -0.3 is 10.2 Å². The van der Waals surface area contributed by atoms with Crippen molar-refractivity contribution in [2.45, 2.75) is 19.5 Å². The molecule has 0 saturated heterocycles. The Kier molecular flexibility index (Phi) is 4.52. The second kappa shape index (κ2) is 5.68. The Balaban J connectivity index is 2.33. The molecule has 1 heterocycles. The van der Waals surface area contributed by atoms with E-state index in [0.29, 0.717) is 6.04 Å². The molecule has 1 rings (SSSR count). The van der Waals surface area contributed by atoms with Crippen LogP contribution in [0.1, 0.15) is 12.5 Å². The van der Waals surface area contributed by atoms with Crippen molar-refractivity contribution in [1.29, 1.82) is 0 Å². The van der Waals surface area contributed by atoms with Gasteiger partial charge in [-0.1, -0.05) is 6.58 Å². The van der Waals surface area contributed by atoms with Crippen LogP contribution in [0.25, 0.3) is 6.20 Å². The molecule has 84 valence electrons. The third-order valence-electron chi connectivity index (χ3n) is 2.14. The molecule has 15 heavy (non-hydrogen) atoms. The monoisotopic (exact) mass is 208 g/mol. The van der Waals surface area contributed by atoms with Crippen LogP contribution in [0.3, 0.4) is 0 Å². The van der Waals surface area contributed by atoms with Crippen molar-refractivity contribution in [3.63, 3.8) is 0 Å². The maximum atomic E-state index is 4.12. The minimum atomic E-state index is 0.479. The van der Waals surface area contributed by atoms with Gasteiger partial charge in [0.2, 0.25) is 0 Å². The smallest absolute Gasteiger partial charge is 0.0538 e. The van der Waals surface area contributed by atoms with Gasteiger partial charge >= 0.3 is 0 Å². The summed E-state index contributed by atoms with van der Waals surface area (Å²) in [5.41, 5.74) is 1.18. The van der Waals surface area contributed by atoms with E-state index in [1.807, 2.05) is 12.4 Å². The number of likely N-dealkylation sites (N-methyl/N-ethyl adjacent to an activating group) is 1. The largest absolute Gasteiger partial charge is 0.309 e. The Hall–Kier alpha value is -1.13. The van der Waals surface area contributed by atoms with Gasteiger partial charge in [-0.15, -0.1) is 0 Å². The summed E-state index contributed by atoms with van der Waals surface area (Å²) >= 11 is 0. The van der Waals surface area contributed by atoms with E-state index in [-0.39, 0.29) is 0 Å². The summed E-state index contributed by atoms with van der Waals surface area (Å²) in [7, 11) is 4.15. The lowest BCUT2D eigenvalue weighted by atomic mass is 10.3. The van der Waals surface area contributed by atoms with Gasteiger partial charge in [0.05, 0.1) is 6.20 Å². The quantitative estimate of drug-likeness (QED) is 0.758. The number of nitrogens with one attached hydrogen (secondary N) is 1. The van der Waals surface area contributed by atoms with Gasteiger partial charge in [-0.3, -0.25) is 0 Å². The predicted octanol–water partition coefficient (Wildman–Crippen LogP) is 1.02. The molecule has 0 aliphatic carbocycles. The fourth-order valence-corrected chi connectivity index (χ4v) is 1.47. The standard InChI is InChI=1S/C11H20N4/c1-5-15-9-11(7-13-15)6-12-10(2)8-14(3)4/h5,7,9-10,12H,1,6,8H2,2-4H3. The summed E-state index contributed by atoms with van der Waals surface area (Å²) in [6.45, 7) is 7.72. The molecule has 0 amide bonds. The van der Waals surface area contributed by atoms with E-state index < -0.39 is 0 Å². The van der Waals surface area contributed by atoms with Crippen molar-refractivity contribution < 1.29 is 0 Å². The Labute approximate surface area is 91.6 Å². The van der Waals surface area contributed by atoms with Crippen molar-refractivity contribution in [3.05, 3.63) is 24.5 Å². The third kappa shape index (κ3) is 4.27. The van der Waals surface area contributed by atoms with Crippen LogP contribution >= 0.6 is 0 Å². The Bertz CT molecular complexity index is 303. The summed E-state index contributed by atoms with van der Waals surface area (Å²) in [5.74, 6) is 0. The summed E-state index contributed by atoms with van der Waals surface area (Å²) < 4.78 is 1.72. The molecule has 1 atom stereocenters. The molecule has 1 N–H and O–H groups in total. The minimum absolute atomic E-state index is 0.479. The number of hydrogen-bond acceptors (Lipinski definition) is 3. The van der Waals surface area contributed by atoms with Gasteiger partial charge in [-0.25, -0.2) is 4.68 Å². The number of aromatic nitrogens is 2. The Morgan fingerprint density at radius 1 is 1.67 bits per heavy atom. The first-order chi connectivity index (χ1) is 7.11. The fourth-order valence-electron chi connectivity index (χ4n) is 1.47. The van der Waals surface area contributed by atoms with Crippen molar-refractivity contribution >= 4 is 6.20 Å². The summed E-state index contributed by atoms with van der Waals surface area (Å²) in [5, 5.41) is 7.56. The zero-order valence-corrected chi connectivity index (χ0v) is 9.77. The van der Waals surface area contributed by atoms with Crippen LogP contribution in [0.4, 0.5) is 0 Å². The molecule has 0 saturated carbocycles. The first-order valence-corrected chi connectivity index (χ1v) is 5.15. The predicted molar refractivity (Wildman–Crippen MR) is 63.5 cm³/mol. The van der Waals surface area contributed by atoms with Gasteiger partial charge in [0, 0.05) is 37.1 Å². The lowest BCUT2D eigenvalue weighted by Gasteiger charge is -2.17. The van der Waals surface area contributed by atoms with Crippen LogP contribution in [0.5, 0.6) is 0 Å². The van der Waals surface area contributed by atoms with Gasteiger partial charge in [-0.2, -0.15) is 5.10 Å². The highest BCUT2D eigenvalue weighted by molar-refractivity contribution is 5.17. The van der Waals surface area contributed by atoms with E-state index in [0.717, 1.165) is 13.1 Å². The van der Waals surface area contributed by atoms with E-state index in [9.17, 15) is 0 Å². The second-order valence-electron chi connectivity index (χ2n) is 4.06. The van der Waals surface area contributed by atoms with Crippen LogP contribution < -0.4 is 5.32 Å². The fraction of sp³-hybridized carbons (Fsp3) is 0.545. The van der Waals surface area contributed by atoms with Gasteiger partial charge in [0.25, 0.3) is 0 Å². The van der Waals surface area contributed by atoms with E-state index in [1.54, 1.807) is 10.9 Å². The van der Waals surface area contributed by atoms with Crippen molar-refractivity contribution in [3.8, 4) is 0 Å². The number of rotatable bonds is 6. The highest BCUT2D eigenvalue weighted by Gasteiger charge is 2.03. The van der Waals surface area contributed by atoms with Crippen LogP contribution in [0.15, 0.2) is 19.0 Å². The molecule has 0 aromatic carbocycles. The lowest BCUT2D eigenvalue weighted by molar-refractivity contribution is 0.349. The molecule has 4 heteroatoms. The number of hydrogen-bond donors (Lipinski definition) is 1. The molecule has 0 aliphatic rings. The maximum absolute atomic E-state index is 4.12. The molecule has 1 aromatic rings. The molecule has 0 aliphatic heterocycles. The SMILES string of the molecule is C=Cn1cc(CNC(C)CN(C)C)cn1. The lowest BCUT2D eigenvalue weighted by Crippen LogP contribution is -2.35. The molecule has 1 aromatic heterocycles. The van der Waals surface area contributed by atoms with Crippen LogP contribution in [-0.2, 0) is 6.54 Å². The zero-order valence-electron chi connectivity index (χ0n) is 9.77. The van der Waals surface area contributed by atoms with Gasteiger partial charge in [-0.05, 0) is 21.0 Å². The first-order valence-electron chi connectivity index (χ1n) is 5.15. The average molecular weight is 208 g/mol. The zero-order chi connectivity index (χ0) is 11.3. The third-order valence-corrected chi connectivity index (χ3v) is 2.14. The van der Waals surface area contributed by atoms with Crippen molar-refractivity contribution in [2.75, 3.05) is 20.6 Å². The molecular formula is C11H20N4. The maximum Gasteiger partial charge on any atom is 0.0538 e. The molecule has 0 radical (unpaired) electrons. The van der Waals surface area contributed by atoms with E-state index in [2.05, 4.69) is 42.9 Å². The average Bonchev–Trinajstić information content (AvgIpc) is 2.61. The number of nitrogens with zero attached hydrogens (tertiary/aromatic N) is 3. The molecular weight excluding hydrogens is 188 g/mol. The van der Waals surface area contributed by atoms with E-state index in [1.165, 1.54) is 5.56 Å². The highest BCUT2D eigenvalue weighted by Crippen LogP contribution is 1.98. The second-order valence-corrected chi connectivity index (χ2v) is 4.06. The molecule has 0 spiro atoms. The topological polar surface area (TPSA) is 33.1 Å². The van der Waals surface area contributed by atoms with Crippen LogP contribution in [0, 0.1) is 0 Å².